The fourth-order valence-electron chi connectivity index (χ4n) is 3.73. The van der Waals surface area contributed by atoms with Gasteiger partial charge in [0.1, 0.15) is 5.69 Å². The van der Waals surface area contributed by atoms with Crippen molar-refractivity contribution >= 4 is 17.2 Å². The lowest BCUT2D eigenvalue weighted by atomic mass is 10.1. The molecule has 0 N–H and O–H groups in total. The lowest BCUT2D eigenvalue weighted by Gasteiger charge is -2.23. The number of thiophene rings is 1. The van der Waals surface area contributed by atoms with Crippen molar-refractivity contribution in [2.24, 2.45) is 5.92 Å². The molecule has 2 saturated heterocycles. The van der Waals surface area contributed by atoms with Crippen LogP contribution in [0.3, 0.4) is 0 Å². The second kappa shape index (κ2) is 7.23. The first-order valence-electron chi connectivity index (χ1n) is 8.76. The lowest BCUT2D eigenvalue weighted by Crippen LogP contribution is -2.34. The number of carbonyl (C=O) groups is 1. The number of hydrogen-bond acceptors (Lipinski definition) is 5. The van der Waals surface area contributed by atoms with Crippen LogP contribution in [0.2, 0.25) is 0 Å². The van der Waals surface area contributed by atoms with Crippen molar-refractivity contribution < 1.29 is 9.53 Å². The number of pyridine rings is 1. The van der Waals surface area contributed by atoms with E-state index in [2.05, 4.69) is 26.7 Å². The number of nitrogens with zero attached hydrogens (tertiary/aromatic N) is 3. The summed E-state index contributed by atoms with van der Waals surface area (Å²) in [6.45, 7) is 7.03. The monoisotopic (exact) mass is 357 g/mol. The van der Waals surface area contributed by atoms with Crippen LogP contribution in [-0.2, 0) is 11.3 Å². The number of fused-ring (bicyclic) bond motifs is 1. The van der Waals surface area contributed by atoms with Crippen molar-refractivity contribution in [3.8, 4) is 0 Å². The third-order valence-electron chi connectivity index (χ3n) is 5.02. The molecule has 0 unspecified atom stereocenters. The van der Waals surface area contributed by atoms with Gasteiger partial charge >= 0.3 is 0 Å². The van der Waals surface area contributed by atoms with Gasteiger partial charge in [0.25, 0.3) is 5.91 Å². The van der Waals surface area contributed by atoms with Gasteiger partial charge in [-0.2, -0.15) is 11.3 Å². The van der Waals surface area contributed by atoms with E-state index in [0.29, 0.717) is 18.2 Å². The second-order valence-electron chi connectivity index (χ2n) is 6.96. The highest BCUT2D eigenvalue weighted by atomic mass is 32.1. The van der Waals surface area contributed by atoms with Crippen molar-refractivity contribution in [1.82, 2.24) is 14.8 Å². The predicted molar refractivity (Wildman–Crippen MR) is 97.7 cm³/mol. The molecule has 6 heteroatoms. The van der Waals surface area contributed by atoms with E-state index in [1.165, 1.54) is 5.56 Å². The molecule has 2 aromatic rings. The molecule has 2 fully saturated rings. The topological polar surface area (TPSA) is 45.7 Å². The molecule has 0 bridgehead atoms. The average Bonchev–Trinajstić information content (AvgIpc) is 3.21. The van der Waals surface area contributed by atoms with Crippen molar-refractivity contribution in [1.29, 1.82) is 0 Å². The Bertz CT molecular complexity index is 734. The van der Waals surface area contributed by atoms with E-state index < -0.39 is 0 Å². The third kappa shape index (κ3) is 3.76. The molecule has 5 nitrogen and oxygen atoms in total. The number of ether oxygens (including phenoxy) is 1. The van der Waals surface area contributed by atoms with Crippen molar-refractivity contribution in [2.75, 3.05) is 32.8 Å². The molecule has 1 amide bonds. The maximum Gasteiger partial charge on any atom is 0.272 e. The first kappa shape index (κ1) is 16.7. The van der Waals surface area contributed by atoms with Gasteiger partial charge in [-0.15, -0.1) is 0 Å². The molecule has 0 spiro atoms. The van der Waals surface area contributed by atoms with Gasteiger partial charge in [0.2, 0.25) is 0 Å². The second-order valence-corrected chi connectivity index (χ2v) is 7.74. The highest BCUT2D eigenvalue weighted by Gasteiger charge is 2.39. The smallest absolute Gasteiger partial charge is 0.272 e. The maximum absolute atomic E-state index is 12.8. The van der Waals surface area contributed by atoms with E-state index in [0.717, 1.165) is 38.3 Å². The van der Waals surface area contributed by atoms with Crippen LogP contribution in [0, 0.1) is 12.8 Å². The Morgan fingerprint density at radius 3 is 3.08 bits per heavy atom. The summed E-state index contributed by atoms with van der Waals surface area (Å²) in [5.41, 5.74) is 2.95. The van der Waals surface area contributed by atoms with Crippen LogP contribution in [-0.4, -0.2) is 59.6 Å². The van der Waals surface area contributed by atoms with Crippen LogP contribution in [0.25, 0.3) is 0 Å². The Labute approximate surface area is 152 Å². The summed E-state index contributed by atoms with van der Waals surface area (Å²) in [5, 5.41) is 4.33. The Balaban J connectivity index is 1.42. The number of amides is 1. The van der Waals surface area contributed by atoms with Crippen LogP contribution in [0.4, 0.5) is 0 Å². The van der Waals surface area contributed by atoms with E-state index in [1.807, 2.05) is 24.0 Å². The Hall–Kier alpha value is -1.76. The molecule has 0 radical (unpaired) electrons. The summed E-state index contributed by atoms with van der Waals surface area (Å²) < 4.78 is 6.06. The number of aryl methyl sites for hydroxylation is 1. The van der Waals surface area contributed by atoms with Crippen molar-refractivity contribution in [2.45, 2.75) is 19.6 Å². The summed E-state index contributed by atoms with van der Waals surface area (Å²) in [6.07, 6.45) is 1.84. The molecule has 0 saturated carbocycles. The first-order valence-corrected chi connectivity index (χ1v) is 9.70. The lowest BCUT2D eigenvalue weighted by molar-refractivity contribution is 0.0482. The standard InChI is InChI=1S/C19H23N3O2S/c1-14-2-4-20-17(8-14)19(23)22-11-16-10-21(5-6-24-18(16)12-22)9-15-3-7-25-13-15/h2-4,7-8,13,16,18H,5-6,9-12H2,1H3/t16-,18+/m1/s1. The van der Waals surface area contributed by atoms with Gasteiger partial charge in [0.05, 0.1) is 12.7 Å². The van der Waals surface area contributed by atoms with Gasteiger partial charge in [0.15, 0.2) is 0 Å². The van der Waals surface area contributed by atoms with E-state index in [9.17, 15) is 4.79 Å². The van der Waals surface area contributed by atoms with E-state index >= 15 is 0 Å². The largest absolute Gasteiger partial charge is 0.375 e. The molecule has 4 heterocycles. The van der Waals surface area contributed by atoms with Gasteiger partial charge in [0, 0.05) is 44.8 Å². The first-order chi connectivity index (χ1) is 12.2. The van der Waals surface area contributed by atoms with Crippen LogP contribution < -0.4 is 0 Å². The molecular weight excluding hydrogens is 334 g/mol. The number of hydrogen-bond donors (Lipinski definition) is 0. The summed E-state index contributed by atoms with van der Waals surface area (Å²) in [4.78, 5) is 21.4. The normalized spacial score (nSPS) is 24.1. The summed E-state index contributed by atoms with van der Waals surface area (Å²) >= 11 is 1.74. The SMILES string of the molecule is Cc1ccnc(C(=O)N2C[C@H]3CN(Cc4ccsc4)CCO[C@H]3C2)c1. The molecule has 2 aliphatic rings. The fraction of sp³-hybridized carbons (Fsp3) is 0.474. The summed E-state index contributed by atoms with van der Waals surface area (Å²) in [7, 11) is 0. The third-order valence-corrected chi connectivity index (χ3v) is 5.75. The highest BCUT2D eigenvalue weighted by Crippen LogP contribution is 2.26. The Morgan fingerprint density at radius 1 is 1.36 bits per heavy atom. The Kier molecular flexibility index (Phi) is 4.83. The quantitative estimate of drug-likeness (QED) is 0.846. The zero-order valence-corrected chi connectivity index (χ0v) is 15.2. The van der Waals surface area contributed by atoms with Gasteiger partial charge in [-0.1, -0.05) is 0 Å². The molecular formula is C19H23N3O2S. The van der Waals surface area contributed by atoms with Crippen molar-refractivity contribution in [3.05, 3.63) is 52.0 Å². The summed E-state index contributed by atoms with van der Waals surface area (Å²) in [5.74, 6) is 0.389. The number of likely N-dealkylation sites (tertiary alicyclic amines) is 1. The predicted octanol–water partition coefficient (Wildman–Crippen LogP) is 2.42. The van der Waals surface area contributed by atoms with Crippen LogP contribution in [0.5, 0.6) is 0 Å². The van der Waals surface area contributed by atoms with Gasteiger partial charge in [-0.05, 0) is 47.0 Å². The van der Waals surface area contributed by atoms with Gasteiger partial charge in [-0.3, -0.25) is 14.7 Å². The maximum atomic E-state index is 12.8. The minimum absolute atomic E-state index is 0.0183. The minimum atomic E-state index is 0.0183. The zero-order valence-electron chi connectivity index (χ0n) is 14.4. The van der Waals surface area contributed by atoms with Crippen molar-refractivity contribution in [3.63, 3.8) is 0 Å². The number of rotatable bonds is 3. The highest BCUT2D eigenvalue weighted by molar-refractivity contribution is 7.07. The number of carbonyl (C=O) groups excluding carboxylic acids is 1. The molecule has 4 rings (SSSR count). The Morgan fingerprint density at radius 2 is 2.28 bits per heavy atom. The zero-order chi connectivity index (χ0) is 17.2. The minimum Gasteiger partial charge on any atom is -0.375 e. The fourth-order valence-corrected chi connectivity index (χ4v) is 4.39. The van der Waals surface area contributed by atoms with E-state index in [4.69, 9.17) is 4.74 Å². The van der Waals surface area contributed by atoms with Gasteiger partial charge in [-0.25, -0.2) is 0 Å². The number of aromatic nitrogens is 1. The summed E-state index contributed by atoms with van der Waals surface area (Å²) in [6, 6.07) is 5.96. The molecule has 2 aromatic heterocycles. The molecule has 2 aliphatic heterocycles. The van der Waals surface area contributed by atoms with Crippen LogP contribution in [0.1, 0.15) is 21.6 Å². The van der Waals surface area contributed by atoms with E-state index in [1.54, 1.807) is 17.5 Å². The molecule has 0 aromatic carbocycles. The van der Waals surface area contributed by atoms with Crippen LogP contribution in [0.15, 0.2) is 35.2 Å². The molecule has 132 valence electrons. The van der Waals surface area contributed by atoms with E-state index in [-0.39, 0.29) is 12.0 Å². The molecule has 2 atom stereocenters. The molecule has 25 heavy (non-hydrogen) atoms. The van der Waals surface area contributed by atoms with Gasteiger partial charge < -0.3 is 9.64 Å². The van der Waals surface area contributed by atoms with Crippen LogP contribution >= 0.6 is 11.3 Å². The average molecular weight is 357 g/mol. The molecule has 0 aliphatic carbocycles.